The number of nitrogens with zero attached hydrogens (tertiary/aromatic N) is 7. The van der Waals surface area contributed by atoms with Crippen LogP contribution in [-0.4, -0.2) is 50.7 Å². The van der Waals surface area contributed by atoms with Crippen molar-refractivity contribution < 1.29 is 13.2 Å². The third-order valence-corrected chi connectivity index (χ3v) is 5.11. The lowest BCUT2D eigenvalue weighted by Crippen LogP contribution is -2.47. The van der Waals surface area contributed by atoms with Gasteiger partial charge in [0.2, 0.25) is 0 Å². The van der Waals surface area contributed by atoms with Gasteiger partial charge >= 0.3 is 6.18 Å². The maximum absolute atomic E-state index is 12.7. The Labute approximate surface area is 144 Å². The third kappa shape index (κ3) is 2.99. The first-order chi connectivity index (χ1) is 11.9. The van der Waals surface area contributed by atoms with E-state index in [0.29, 0.717) is 48.4 Å². The maximum atomic E-state index is 12.7. The Morgan fingerprint density at radius 3 is 2.48 bits per heavy atom. The molecule has 3 aromatic rings. The molecular weight excluding hydrogens is 355 g/mol. The fourth-order valence-corrected chi connectivity index (χ4v) is 3.64. The summed E-state index contributed by atoms with van der Waals surface area (Å²) in [6, 6.07) is 1.93. The zero-order valence-electron chi connectivity index (χ0n) is 13.2. The molecule has 0 aliphatic carbocycles. The van der Waals surface area contributed by atoms with Crippen LogP contribution in [0, 0.1) is 6.92 Å². The molecule has 0 atom stereocenters. The predicted molar refractivity (Wildman–Crippen MR) is 87.1 cm³/mol. The molecule has 0 N–H and O–H groups in total. The lowest BCUT2D eigenvalue weighted by atomic mass is 10.3. The molecule has 0 amide bonds. The van der Waals surface area contributed by atoms with Gasteiger partial charge in [0.05, 0.1) is 6.20 Å². The van der Waals surface area contributed by atoms with Crippen molar-refractivity contribution in [2.24, 2.45) is 0 Å². The largest absolute Gasteiger partial charge is 0.427 e. The van der Waals surface area contributed by atoms with Gasteiger partial charge in [-0.05, 0) is 6.92 Å². The number of aryl methyl sites for hydroxylation is 1. The minimum absolute atomic E-state index is 0.406. The van der Waals surface area contributed by atoms with Crippen molar-refractivity contribution in [2.45, 2.75) is 13.1 Å². The molecule has 1 aliphatic rings. The molecule has 0 unspecified atom stereocenters. The minimum Gasteiger partial charge on any atom is -0.353 e. The summed E-state index contributed by atoms with van der Waals surface area (Å²) in [4.78, 5) is 15.7. The Morgan fingerprint density at radius 2 is 1.80 bits per heavy atom. The minimum atomic E-state index is -4.34. The van der Waals surface area contributed by atoms with Crippen LogP contribution in [-0.2, 0) is 6.18 Å². The van der Waals surface area contributed by atoms with Crippen LogP contribution in [0.1, 0.15) is 10.6 Å². The van der Waals surface area contributed by atoms with Gasteiger partial charge in [-0.2, -0.15) is 27.8 Å². The van der Waals surface area contributed by atoms with Crippen molar-refractivity contribution in [3.05, 3.63) is 29.2 Å². The van der Waals surface area contributed by atoms with E-state index in [4.69, 9.17) is 0 Å². The van der Waals surface area contributed by atoms with Crippen LogP contribution >= 0.6 is 11.3 Å². The van der Waals surface area contributed by atoms with E-state index < -0.39 is 11.1 Å². The second-order valence-electron chi connectivity index (χ2n) is 5.71. The van der Waals surface area contributed by atoms with Crippen molar-refractivity contribution in [1.82, 2.24) is 24.6 Å². The van der Waals surface area contributed by atoms with Crippen molar-refractivity contribution >= 4 is 28.1 Å². The quantitative estimate of drug-likeness (QED) is 0.690. The number of thiazole rings is 1. The van der Waals surface area contributed by atoms with Crippen LogP contribution in [0.15, 0.2) is 18.6 Å². The summed E-state index contributed by atoms with van der Waals surface area (Å²) in [5, 5.41) is 4.60. The van der Waals surface area contributed by atoms with Gasteiger partial charge in [-0.3, -0.25) is 0 Å². The number of piperazine rings is 1. The Bertz CT molecular complexity index is 895. The normalized spacial score (nSPS) is 16.0. The van der Waals surface area contributed by atoms with Crippen LogP contribution in [0.2, 0.25) is 0 Å². The first kappa shape index (κ1) is 16.1. The van der Waals surface area contributed by atoms with Gasteiger partial charge in [0, 0.05) is 37.9 Å². The number of hydrogen-bond donors (Lipinski definition) is 0. The van der Waals surface area contributed by atoms with E-state index in [9.17, 15) is 13.2 Å². The maximum Gasteiger partial charge on any atom is 0.427 e. The molecule has 0 bridgehead atoms. The lowest BCUT2D eigenvalue weighted by molar-refractivity contribution is -0.134. The molecular formula is C14H14F3N7S. The van der Waals surface area contributed by atoms with E-state index in [0.717, 1.165) is 17.7 Å². The van der Waals surface area contributed by atoms with Crippen LogP contribution < -0.4 is 9.80 Å². The molecule has 0 spiro atoms. The fraction of sp³-hybridized carbons (Fsp3) is 0.429. The van der Waals surface area contributed by atoms with E-state index in [1.807, 2.05) is 17.9 Å². The molecule has 7 nitrogen and oxygen atoms in total. The van der Waals surface area contributed by atoms with Crippen LogP contribution in [0.3, 0.4) is 0 Å². The monoisotopic (exact) mass is 369 g/mol. The number of fused-ring (bicyclic) bond motifs is 1. The zero-order valence-corrected chi connectivity index (χ0v) is 14.0. The van der Waals surface area contributed by atoms with E-state index in [1.165, 1.54) is 6.33 Å². The molecule has 0 radical (unpaired) electrons. The number of hydrogen-bond acceptors (Lipinski definition) is 7. The average Bonchev–Trinajstić information content (AvgIpc) is 3.23. The van der Waals surface area contributed by atoms with Crippen LogP contribution in [0.5, 0.6) is 0 Å². The molecule has 1 aliphatic heterocycles. The fourth-order valence-electron chi connectivity index (χ4n) is 2.81. The summed E-state index contributed by atoms with van der Waals surface area (Å²) in [5.41, 5.74) is 0.840. The van der Waals surface area contributed by atoms with Gasteiger partial charge in [-0.15, -0.1) is 0 Å². The first-order valence-electron chi connectivity index (χ1n) is 7.62. The Hall–Kier alpha value is -2.43. The highest BCUT2D eigenvalue weighted by molar-refractivity contribution is 7.15. The topological polar surface area (TPSA) is 62.5 Å². The highest BCUT2D eigenvalue weighted by atomic mass is 32.1. The van der Waals surface area contributed by atoms with Gasteiger partial charge in [-0.1, -0.05) is 11.3 Å². The second-order valence-corrected chi connectivity index (χ2v) is 6.72. The standard InChI is InChI=1S/C14H14F3N7S/c1-9-6-11(24-12(21-9)19-8-20-24)22-2-4-23(5-3-22)13-18-7-10(25-13)14(15,16)17/h6-8H,2-5H2,1H3. The van der Waals surface area contributed by atoms with E-state index in [-0.39, 0.29) is 0 Å². The molecule has 1 saturated heterocycles. The van der Waals surface area contributed by atoms with Crippen molar-refractivity contribution in [2.75, 3.05) is 36.0 Å². The third-order valence-electron chi connectivity index (χ3n) is 4.01. The lowest BCUT2D eigenvalue weighted by Gasteiger charge is -2.35. The predicted octanol–water partition coefficient (Wildman–Crippen LogP) is 2.23. The number of halogens is 3. The Morgan fingerprint density at radius 1 is 1.08 bits per heavy atom. The average molecular weight is 369 g/mol. The van der Waals surface area contributed by atoms with Gasteiger partial charge in [-0.25, -0.2) is 9.97 Å². The van der Waals surface area contributed by atoms with Crippen molar-refractivity contribution in [1.29, 1.82) is 0 Å². The highest BCUT2D eigenvalue weighted by Gasteiger charge is 2.34. The molecule has 1 fully saturated rings. The summed E-state index contributed by atoms with van der Waals surface area (Å²) < 4.78 is 39.9. The Balaban J connectivity index is 1.51. The molecule has 25 heavy (non-hydrogen) atoms. The number of alkyl halides is 3. The Kier molecular flexibility index (Phi) is 3.74. The summed E-state index contributed by atoms with van der Waals surface area (Å²) in [6.07, 6.45) is -1.99. The second kappa shape index (κ2) is 5.83. The number of rotatable bonds is 2. The van der Waals surface area contributed by atoms with E-state index >= 15 is 0 Å². The zero-order chi connectivity index (χ0) is 17.6. The van der Waals surface area contributed by atoms with Crippen molar-refractivity contribution in [3.63, 3.8) is 0 Å². The molecule has 4 heterocycles. The first-order valence-corrected chi connectivity index (χ1v) is 8.44. The summed E-state index contributed by atoms with van der Waals surface area (Å²) in [7, 11) is 0. The van der Waals surface area contributed by atoms with E-state index in [1.54, 1.807) is 4.52 Å². The van der Waals surface area contributed by atoms with Crippen molar-refractivity contribution in [3.8, 4) is 0 Å². The van der Waals surface area contributed by atoms with Gasteiger partial charge < -0.3 is 9.80 Å². The molecule has 11 heteroatoms. The molecule has 132 valence electrons. The van der Waals surface area contributed by atoms with Crippen LogP contribution in [0.4, 0.5) is 24.1 Å². The molecule has 0 aromatic carbocycles. The van der Waals surface area contributed by atoms with Crippen LogP contribution in [0.25, 0.3) is 5.78 Å². The highest BCUT2D eigenvalue weighted by Crippen LogP contribution is 2.36. The molecule has 0 saturated carbocycles. The van der Waals surface area contributed by atoms with Gasteiger partial charge in [0.1, 0.15) is 17.0 Å². The number of anilines is 2. The molecule has 4 rings (SSSR count). The smallest absolute Gasteiger partial charge is 0.353 e. The molecule has 3 aromatic heterocycles. The van der Waals surface area contributed by atoms with Gasteiger partial charge in [0.25, 0.3) is 5.78 Å². The number of aromatic nitrogens is 5. The summed E-state index contributed by atoms with van der Waals surface area (Å²) in [5.74, 6) is 1.42. The van der Waals surface area contributed by atoms with E-state index in [2.05, 4.69) is 25.0 Å². The van der Waals surface area contributed by atoms with Gasteiger partial charge in [0.15, 0.2) is 5.13 Å². The summed E-state index contributed by atoms with van der Waals surface area (Å²) >= 11 is 0.684. The SMILES string of the molecule is Cc1cc(N2CCN(c3ncc(C(F)(F)F)s3)CC2)n2ncnc2n1. The summed E-state index contributed by atoms with van der Waals surface area (Å²) in [6.45, 7) is 4.37.